The maximum Gasteiger partial charge on any atom is 0.119 e. The Balaban J connectivity index is 2.02. The first kappa shape index (κ1) is 15.9. The van der Waals surface area contributed by atoms with Gasteiger partial charge in [-0.25, -0.2) is 0 Å². The first-order valence-electron chi connectivity index (χ1n) is 7.37. The second kappa shape index (κ2) is 8.06. The van der Waals surface area contributed by atoms with Gasteiger partial charge in [0, 0.05) is 5.02 Å². The molecule has 0 aliphatic carbocycles. The van der Waals surface area contributed by atoms with Crippen LogP contribution in [0.1, 0.15) is 30.5 Å². The first-order valence-corrected chi connectivity index (χ1v) is 7.75. The minimum absolute atomic E-state index is 0.178. The van der Waals surface area contributed by atoms with E-state index in [0.717, 1.165) is 23.6 Å². The third-order valence-corrected chi connectivity index (χ3v) is 3.72. The van der Waals surface area contributed by atoms with Crippen molar-refractivity contribution in [1.82, 2.24) is 5.32 Å². The summed E-state index contributed by atoms with van der Waals surface area (Å²) < 4.78 is 5.85. The van der Waals surface area contributed by atoms with Gasteiger partial charge in [-0.3, -0.25) is 0 Å². The molecule has 0 aliphatic rings. The summed E-state index contributed by atoms with van der Waals surface area (Å²) in [6.07, 6.45) is 2.28. The van der Waals surface area contributed by atoms with Crippen molar-refractivity contribution in [3.05, 3.63) is 64.7 Å². The summed E-state index contributed by atoms with van der Waals surface area (Å²) >= 11 is 5.88. The molecule has 0 aromatic heterocycles. The van der Waals surface area contributed by atoms with Crippen LogP contribution in [-0.2, 0) is 6.42 Å². The fraction of sp³-hybridized carbons (Fsp3) is 0.333. The van der Waals surface area contributed by atoms with Crippen LogP contribution in [0.25, 0.3) is 0 Å². The molecule has 1 unspecified atom stereocenters. The molecule has 2 aromatic carbocycles. The lowest BCUT2D eigenvalue weighted by Gasteiger charge is -2.18. The van der Waals surface area contributed by atoms with Crippen LogP contribution in [0.5, 0.6) is 5.75 Å². The van der Waals surface area contributed by atoms with Crippen LogP contribution in [0.15, 0.2) is 48.5 Å². The molecular formula is C18H22ClNO. The van der Waals surface area contributed by atoms with Crippen LogP contribution in [0.2, 0.25) is 5.02 Å². The predicted octanol–water partition coefficient (Wildman–Crippen LogP) is 4.63. The van der Waals surface area contributed by atoms with Crippen molar-refractivity contribution < 1.29 is 4.74 Å². The van der Waals surface area contributed by atoms with Crippen LogP contribution in [0.4, 0.5) is 0 Å². The number of ether oxygens (including phenoxy) is 1. The number of hydrogen-bond donors (Lipinski definition) is 1. The highest BCUT2D eigenvalue weighted by Gasteiger charge is 2.10. The van der Waals surface area contributed by atoms with Crippen molar-refractivity contribution in [2.45, 2.75) is 25.8 Å². The van der Waals surface area contributed by atoms with Gasteiger partial charge in [0.15, 0.2) is 0 Å². The molecule has 0 saturated carbocycles. The molecule has 0 radical (unpaired) electrons. The number of rotatable bonds is 7. The summed E-state index contributed by atoms with van der Waals surface area (Å²) in [4.78, 5) is 0. The van der Waals surface area contributed by atoms with Gasteiger partial charge in [-0.1, -0.05) is 49.2 Å². The standard InChI is InChI=1S/C18H22ClNO/c1-3-5-14-6-4-7-15(12-14)18(20-2)13-21-17-10-8-16(19)9-11-17/h4,6-12,18,20H,3,5,13H2,1-2H3. The summed E-state index contributed by atoms with van der Waals surface area (Å²) in [7, 11) is 1.96. The van der Waals surface area contributed by atoms with Crippen molar-refractivity contribution in [1.29, 1.82) is 0 Å². The zero-order valence-corrected chi connectivity index (χ0v) is 13.4. The molecule has 1 atom stereocenters. The van der Waals surface area contributed by atoms with Gasteiger partial charge in [0.1, 0.15) is 12.4 Å². The summed E-state index contributed by atoms with van der Waals surface area (Å²) in [5.41, 5.74) is 2.64. The smallest absolute Gasteiger partial charge is 0.119 e. The van der Waals surface area contributed by atoms with Crippen LogP contribution in [0.3, 0.4) is 0 Å². The van der Waals surface area contributed by atoms with E-state index >= 15 is 0 Å². The lowest BCUT2D eigenvalue weighted by molar-refractivity contribution is 0.273. The van der Waals surface area contributed by atoms with Gasteiger partial charge in [-0.05, 0) is 48.9 Å². The maximum atomic E-state index is 5.88. The lowest BCUT2D eigenvalue weighted by Crippen LogP contribution is -2.23. The largest absolute Gasteiger partial charge is 0.492 e. The normalized spacial score (nSPS) is 12.1. The Morgan fingerprint density at radius 1 is 1.14 bits per heavy atom. The fourth-order valence-electron chi connectivity index (χ4n) is 2.31. The van der Waals surface area contributed by atoms with Crippen molar-refractivity contribution in [3.63, 3.8) is 0 Å². The van der Waals surface area contributed by atoms with Crippen LogP contribution < -0.4 is 10.1 Å². The molecule has 1 N–H and O–H groups in total. The Hall–Kier alpha value is -1.51. The van der Waals surface area contributed by atoms with Gasteiger partial charge in [0.25, 0.3) is 0 Å². The van der Waals surface area contributed by atoms with E-state index in [1.54, 1.807) is 0 Å². The Morgan fingerprint density at radius 3 is 2.57 bits per heavy atom. The topological polar surface area (TPSA) is 21.3 Å². The first-order chi connectivity index (χ1) is 10.2. The van der Waals surface area contributed by atoms with E-state index < -0.39 is 0 Å². The van der Waals surface area contributed by atoms with E-state index in [9.17, 15) is 0 Å². The van der Waals surface area contributed by atoms with E-state index in [4.69, 9.17) is 16.3 Å². The molecular weight excluding hydrogens is 282 g/mol. The monoisotopic (exact) mass is 303 g/mol. The van der Waals surface area contributed by atoms with Gasteiger partial charge in [-0.2, -0.15) is 0 Å². The molecule has 0 fully saturated rings. The quantitative estimate of drug-likeness (QED) is 0.805. The highest BCUT2D eigenvalue weighted by molar-refractivity contribution is 6.30. The molecule has 0 amide bonds. The fourth-order valence-corrected chi connectivity index (χ4v) is 2.44. The minimum atomic E-state index is 0.178. The van der Waals surface area contributed by atoms with Crippen molar-refractivity contribution in [2.75, 3.05) is 13.7 Å². The number of benzene rings is 2. The molecule has 3 heteroatoms. The zero-order valence-electron chi connectivity index (χ0n) is 12.6. The van der Waals surface area contributed by atoms with Crippen LogP contribution in [-0.4, -0.2) is 13.7 Å². The van der Waals surface area contributed by atoms with Gasteiger partial charge in [0.05, 0.1) is 6.04 Å². The van der Waals surface area contributed by atoms with Crippen molar-refractivity contribution in [2.24, 2.45) is 0 Å². The number of nitrogens with one attached hydrogen (secondary N) is 1. The number of halogens is 1. The molecule has 0 heterocycles. The van der Waals surface area contributed by atoms with Crippen LogP contribution in [0, 0.1) is 0 Å². The summed E-state index contributed by atoms with van der Waals surface area (Å²) in [6, 6.07) is 16.3. The molecule has 2 rings (SSSR count). The number of likely N-dealkylation sites (N-methyl/N-ethyl adjacent to an activating group) is 1. The molecule has 2 nitrogen and oxygen atoms in total. The lowest BCUT2D eigenvalue weighted by atomic mass is 10.0. The second-order valence-electron chi connectivity index (χ2n) is 5.10. The van der Waals surface area contributed by atoms with Gasteiger partial charge in [0.2, 0.25) is 0 Å². The van der Waals surface area contributed by atoms with E-state index in [1.807, 2.05) is 31.3 Å². The summed E-state index contributed by atoms with van der Waals surface area (Å²) in [5, 5.41) is 4.04. The van der Waals surface area contributed by atoms with E-state index in [-0.39, 0.29) is 6.04 Å². The Bertz CT molecular complexity index is 553. The van der Waals surface area contributed by atoms with Crippen LogP contribution >= 0.6 is 11.6 Å². The van der Waals surface area contributed by atoms with Crippen molar-refractivity contribution in [3.8, 4) is 5.75 Å². The maximum absolute atomic E-state index is 5.88. The molecule has 0 bridgehead atoms. The zero-order chi connectivity index (χ0) is 15.1. The SMILES string of the molecule is CCCc1cccc(C(COc2ccc(Cl)cc2)NC)c1. The molecule has 21 heavy (non-hydrogen) atoms. The Kier molecular flexibility index (Phi) is 6.09. The number of hydrogen-bond acceptors (Lipinski definition) is 2. The molecule has 0 saturated heterocycles. The summed E-state index contributed by atoms with van der Waals surface area (Å²) in [5.74, 6) is 0.837. The summed E-state index contributed by atoms with van der Waals surface area (Å²) in [6.45, 7) is 2.79. The van der Waals surface area contributed by atoms with Crippen molar-refractivity contribution >= 4 is 11.6 Å². The highest BCUT2D eigenvalue weighted by Crippen LogP contribution is 2.19. The minimum Gasteiger partial charge on any atom is -0.492 e. The van der Waals surface area contributed by atoms with E-state index in [0.29, 0.717) is 6.61 Å². The molecule has 0 spiro atoms. The number of aryl methyl sites for hydroxylation is 1. The van der Waals surface area contributed by atoms with Gasteiger partial charge < -0.3 is 10.1 Å². The average molecular weight is 304 g/mol. The highest BCUT2D eigenvalue weighted by atomic mass is 35.5. The van der Waals surface area contributed by atoms with Gasteiger partial charge >= 0.3 is 0 Å². The van der Waals surface area contributed by atoms with E-state index in [2.05, 4.69) is 36.5 Å². The Labute approximate surface area is 132 Å². The molecule has 2 aromatic rings. The predicted molar refractivity (Wildman–Crippen MR) is 89.2 cm³/mol. The third-order valence-electron chi connectivity index (χ3n) is 3.47. The third kappa shape index (κ3) is 4.76. The molecule has 112 valence electrons. The Morgan fingerprint density at radius 2 is 1.90 bits per heavy atom. The van der Waals surface area contributed by atoms with E-state index in [1.165, 1.54) is 11.1 Å². The molecule has 0 aliphatic heterocycles. The van der Waals surface area contributed by atoms with Gasteiger partial charge in [-0.15, -0.1) is 0 Å². The average Bonchev–Trinajstić information content (AvgIpc) is 2.50. The second-order valence-corrected chi connectivity index (χ2v) is 5.54.